The highest BCUT2D eigenvalue weighted by Gasteiger charge is 2.26. The Morgan fingerprint density at radius 3 is 2.29 bits per heavy atom. The van der Waals surface area contributed by atoms with Gasteiger partial charge in [0.15, 0.2) is 11.5 Å². The van der Waals surface area contributed by atoms with Crippen molar-refractivity contribution in [3.63, 3.8) is 0 Å². The third-order valence-electron chi connectivity index (χ3n) is 4.36. The summed E-state index contributed by atoms with van der Waals surface area (Å²) in [5, 5.41) is 2.59. The number of benzene rings is 2. The quantitative estimate of drug-likeness (QED) is 0.634. The average molecular weight is 430 g/mol. The van der Waals surface area contributed by atoms with Crippen molar-refractivity contribution in [2.45, 2.75) is 52.4 Å². The minimum atomic E-state index is -0.908. The second-order valence-corrected chi connectivity index (χ2v) is 8.14. The number of carbonyl (C=O) groups excluding carboxylic acids is 2. The summed E-state index contributed by atoms with van der Waals surface area (Å²) in [6.45, 7) is 7.53. The smallest absolute Gasteiger partial charge is 0.408 e. The molecule has 7 nitrogen and oxygen atoms in total. The van der Waals surface area contributed by atoms with E-state index in [1.165, 1.54) is 7.11 Å². The monoisotopic (exact) mass is 429 g/mol. The van der Waals surface area contributed by atoms with Crippen molar-refractivity contribution in [2.75, 3.05) is 14.2 Å². The van der Waals surface area contributed by atoms with E-state index >= 15 is 0 Å². The van der Waals surface area contributed by atoms with E-state index in [2.05, 4.69) is 5.32 Å². The second kappa shape index (κ2) is 10.7. The molecule has 0 saturated carbocycles. The minimum absolute atomic E-state index is 0.207. The molecule has 0 aromatic heterocycles. The number of aryl methyl sites for hydroxylation is 1. The Kier molecular flexibility index (Phi) is 8.30. The number of rotatable bonds is 8. The van der Waals surface area contributed by atoms with Gasteiger partial charge in [-0.3, -0.25) is 0 Å². The van der Waals surface area contributed by atoms with Crippen LogP contribution in [-0.2, 0) is 27.3 Å². The molecule has 2 aromatic rings. The van der Waals surface area contributed by atoms with E-state index in [1.807, 2.05) is 49.4 Å². The molecule has 0 saturated heterocycles. The van der Waals surface area contributed by atoms with Gasteiger partial charge in [0, 0.05) is 6.42 Å². The first-order chi connectivity index (χ1) is 14.6. The molecule has 0 heterocycles. The Morgan fingerprint density at radius 1 is 1.03 bits per heavy atom. The summed E-state index contributed by atoms with van der Waals surface area (Å²) in [6.07, 6.45) is -0.480. The third-order valence-corrected chi connectivity index (χ3v) is 4.36. The normalized spacial score (nSPS) is 11.9. The highest BCUT2D eigenvalue weighted by Crippen LogP contribution is 2.33. The van der Waals surface area contributed by atoms with Gasteiger partial charge in [-0.2, -0.15) is 0 Å². The van der Waals surface area contributed by atoms with Gasteiger partial charge < -0.3 is 24.3 Å². The van der Waals surface area contributed by atoms with Gasteiger partial charge in [0.1, 0.15) is 18.2 Å². The summed E-state index contributed by atoms with van der Waals surface area (Å²) < 4.78 is 21.6. The van der Waals surface area contributed by atoms with Gasteiger partial charge in [-0.15, -0.1) is 0 Å². The zero-order valence-electron chi connectivity index (χ0n) is 19.0. The molecule has 0 spiro atoms. The van der Waals surface area contributed by atoms with E-state index in [4.69, 9.17) is 18.9 Å². The predicted molar refractivity (Wildman–Crippen MR) is 117 cm³/mol. The summed E-state index contributed by atoms with van der Waals surface area (Å²) in [5.74, 6) is 0.614. The van der Waals surface area contributed by atoms with Gasteiger partial charge >= 0.3 is 12.1 Å². The van der Waals surface area contributed by atoms with Crippen LogP contribution in [0.2, 0.25) is 0 Å². The first kappa shape index (κ1) is 24.1. The summed E-state index contributed by atoms with van der Waals surface area (Å²) in [5.41, 5.74) is 1.98. The average Bonchev–Trinajstić information content (AvgIpc) is 2.70. The number of alkyl carbamates (subject to hydrolysis) is 1. The molecule has 7 heteroatoms. The van der Waals surface area contributed by atoms with Crippen LogP contribution in [0, 0.1) is 6.92 Å². The molecule has 1 N–H and O–H groups in total. The van der Waals surface area contributed by atoms with Gasteiger partial charge in [-0.05, 0) is 50.5 Å². The largest absolute Gasteiger partial charge is 0.493 e. The van der Waals surface area contributed by atoms with Crippen LogP contribution in [-0.4, -0.2) is 37.9 Å². The topological polar surface area (TPSA) is 83.1 Å². The van der Waals surface area contributed by atoms with Crippen molar-refractivity contribution >= 4 is 12.1 Å². The van der Waals surface area contributed by atoms with Crippen molar-refractivity contribution in [1.29, 1.82) is 0 Å². The van der Waals surface area contributed by atoms with E-state index in [0.29, 0.717) is 18.1 Å². The summed E-state index contributed by atoms with van der Waals surface area (Å²) >= 11 is 0. The molecule has 2 rings (SSSR count). The highest BCUT2D eigenvalue weighted by molar-refractivity contribution is 5.81. The van der Waals surface area contributed by atoms with Crippen LogP contribution in [0.15, 0.2) is 42.5 Å². The van der Waals surface area contributed by atoms with Crippen molar-refractivity contribution in [2.24, 2.45) is 0 Å². The lowest BCUT2D eigenvalue weighted by atomic mass is 10.0. The maximum absolute atomic E-state index is 12.3. The van der Waals surface area contributed by atoms with E-state index in [1.54, 1.807) is 27.9 Å². The van der Waals surface area contributed by atoms with Gasteiger partial charge in [0.2, 0.25) is 0 Å². The van der Waals surface area contributed by atoms with Crippen LogP contribution in [0.25, 0.3) is 0 Å². The van der Waals surface area contributed by atoms with E-state index in [0.717, 1.165) is 16.7 Å². The van der Waals surface area contributed by atoms with Gasteiger partial charge in [-0.1, -0.05) is 36.4 Å². The lowest BCUT2D eigenvalue weighted by molar-refractivity contribution is -0.143. The molecule has 0 bridgehead atoms. The molecule has 1 amide bonds. The zero-order chi connectivity index (χ0) is 23.0. The number of amides is 1. The summed E-state index contributed by atoms with van der Waals surface area (Å²) in [6, 6.07) is 12.6. The van der Waals surface area contributed by atoms with Gasteiger partial charge in [0.25, 0.3) is 0 Å². The van der Waals surface area contributed by atoms with E-state index in [9.17, 15) is 9.59 Å². The molecule has 168 valence electrons. The van der Waals surface area contributed by atoms with E-state index < -0.39 is 23.7 Å². The number of ether oxygens (including phenoxy) is 4. The second-order valence-electron chi connectivity index (χ2n) is 8.14. The fraction of sp³-hybridized carbons (Fsp3) is 0.417. The van der Waals surface area contributed by atoms with Gasteiger partial charge in [0.05, 0.1) is 14.2 Å². The van der Waals surface area contributed by atoms with Crippen LogP contribution in [0.3, 0.4) is 0 Å². The predicted octanol–water partition coefficient (Wildman–Crippen LogP) is 4.19. The SMILES string of the molecule is COC(=O)[C@H](Cc1cc(C)c(OC)c(OCc2ccccc2)c1)NC(=O)OC(C)(C)C. The van der Waals surface area contributed by atoms with Crippen molar-refractivity contribution in [1.82, 2.24) is 5.32 Å². The number of hydrogen-bond donors (Lipinski definition) is 1. The number of carbonyl (C=O) groups is 2. The van der Waals surface area contributed by atoms with Gasteiger partial charge in [-0.25, -0.2) is 9.59 Å². The van der Waals surface area contributed by atoms with Crippen LogP contribution in [0.1, 0.15) is 37.5 Å². The number of nitrogens with one attached hydrogen (secondary N) is 1. The maximum Gasteiger partial charge on any atom is 0.408 e. The molecule has 0 fully saturated rings. The Balaban J connectivity index is 2.22. The molecule has 31 heavy (non-hydrogen) atoms. The Hall–Kier alpha value is -3.22. The van der Waals surface area contributed by atoms with E-state index in [-0.39, 0.29) is 6.42 Å². The fourth-order valence-electron chi connectivity index (χ4n) is 3.06. The molecular weight excluding hydrogens is 398 g/mol. The number of hydrogen-bond acceptors (Lipinski definition) is 6. The van der Waals surface area contributed by atoms with Crippen LogP contribution in [0.5, 0.6) is 11.5 Å². The minimum Gasteiger partial charge on any atom is -0.493 e. The number of methoxy groups -OCH3 is 2. The van der Waals surface area contributed by atoms with Crippen molar-refractivity contribution in [3.05, 3.63) is 59.2 Å². The summed E-state index contributed by atoms with van der Waals surface area (Å²) in [7, 11) is 2.86. The standard InChI is InChI=1S/C24H31NO6/c1-16-12-18(13-19(22(26)29-6)25-23(27)31-24(2,3)4)14-20(21(16)28-5)30-15-17-10-8-7-9-11-17/h7-12,14,19H,13,15H2,1-6H3,(H,25,27)/t19-/m0/s1. The highest BCUT2D eigenvalue weighted by atomic mass is 16.6. The fourth-order valence-corrected chi connectivity index (χ4v) is 3.06. The van der Waals surface area contributed by atoms with Crippen LogP contribution < -0.4 is 14.8 Å². The molecule has 0 radical (unpaired) electrons. The van der Waals surface area contributed by atoms with Crippen molar-refractivity contribution < 1.29 is 28.5 Å². The van der Waals surface area contributed by atoms with Crippen LogP contribution in [0.4, 0.5) is 4.79 Å². The Bertz CT molecular complexity index is 889. The molecule has 1 atom stereocenters. The molecule has 0 unspecified atom stereocenters. The lowest BCUT2D eigenvalue weighted by Crippen LogP contribution is -2.45. The molecular formula is C24H31NO6. The Morgan fingerprint density at radius 2 is 1.71 bits per heavy atom. The third kappa shape index (κ3) is 7.51. The molecule has 0 aliphatic carbocycles. The first-order valence-corrected chi connectivity index (χ1v) is 10.0. The first-order valence-electron chi connectivity index (χ1n) is 10.0. The lowest BCUT2D eigenvalue weighted by Gasteiger charge is -2.23. The molecule has 0 aliphatic heterocycles. The molecule has 0 aliphatic rings. The van der Waals surface area contributed by atoms with Crippen molar-refractivity contribution in [3.8, 4) is 11.5 Å². The Labute approximate surface area is 183 Å². The number of esters is 1. The van der Waals surface area contributed by atoms with Crippen LogP contribution >= 0.6 is 0 Å². The molecule has 2 aromatic carbocycles. The zero-order valence-corrected chi connectivity index (χ0v) is 19.0. The maximum atomic E-state index is 12.3. The summed E-state index contributed by atoms with van der Waals surface area (Å²) in [4.78, 5) is 24.5.